The average Bonchev–Trinajstić information content (AvgIpc) is 2.16. The van der Waals surface area contributed by atoms with Crippen molar-refractivity contribution in [1.29, 1.82) is 0 Å². The number of nitrogens with one attached hydrogen (secondary N) is 1. The molecule has 0 amide bonds. The number of aliphatic hydroxyl groups is 1. The van der Waals surface area contributed by atoms with Gasteiger partial charge in [-0.05, 0) is 13.8 Å². The van der Waals surface area contributed by atoms with E-state index in [0.29, 0.717) is 11.5 Å². The number of carboxylic acid groups (broad SMARTS) is 1. The van der Waals surface area contributed by atoms with Crippen LogP contribution in [0.4, 0.5) is 5.82 Å². The topological polar surface area (TPSA) is 95.3 Å². The zero-order chi connectivity index (χ0) is 11.5. The van der Waals surface area contributed by atoms with Crippen LogP contribution in [-0.4, -0.2) is 38.3 Å². The summed E-state index contributed by atoms with van der Waals surface area (Å²) in [6.07, 6.45) is 3.03. The van der Waals surface area contributed by atoms with E-state index in [2.05, 4.69) is 15.3 Å². The van der Waals surface area contributed by atoms with Gasteiger partial charge in [0.1, 0.15) is 5.82 Å². The SMILES string of the molecule is Cc1nccnc1NCC(C)(O)C(=O)O. The number of carboxylic acids is 1. The number of aryl methyl sites for hydroxylation is 1. The van der Waals surface area contributed by atoms with Crippen LogP contribution in [0.15, 0.2) is 12.4 Å². The smallest absolute Gasteiger partial charge is 0.337 e. The highest BCUT2D eigenvalue weighted by atomic mass is 16.4. The van der Waals surface area contributed by atoms with Crippen molar-refractivity contribution >= 4 is 11.8 Å². The summed E-state index contributed by atoms with van der Waals surface area (Å²) < 4.78 is 0. The van der Waals surface area contributed by atoms with Gasteiger partial charge < -0.3 is 15.5 Å². The van der Waals surface area contributed by atoms with Gasteiger partial charge in [-0.15, -0.1) is 0 Å². The molecule has 0 aliphatic heterocycles. The Morgan fingerprint density at radius 1 is 1.53 bits per heavy atom. The van der Waals surface area contributed by atoms with Gasteiger partial charge in [-0.25, -0.2) is 9.78 Å². The lowest BCUT2D eigenvalue weighted by Crippen LogP contribution is -2.42. The van der Waals surface area contributed by atoms with Crippen LogP contribution in [-0.2, 0) is 4.79 Å². The van der Waals surface area contributed by atoms with Gasteiger partial charge in [0.15, 0.2) is 5.60 Å². The molecule has 0 saturated carbocycles. The summed E-state index contributed by atoms with van der Waals surface area (Å²) >= 11 is 0. The highest BCUT2D eigenvalue weighted by Crippen LogP contribution is 2.09. The molecule has 0 aliphatic carbocycles. The molecule has 3 N–H and O–H groups in total. The van der Waals surface area contributed by atoms with Crippen LogP contribution in [0.3, 0.4) is 0 Å². The van der Waals surface area contributed by atoms with Crippen molar-refractivity contribution in [3.8, 4) is 0 Å². The van der Waals surface area contributed by atoms with Crippen LogP contribution in [0, 0.1) is 6.92 Å². The second-order valence-electron chi connectivity index (χ2n) is 3.42. The lowest BCUT2D eigenvalue weighted by Gasteiger charge is -2.18. The zero-order valence-corrected chi connectivity index (χ0v) is 8.56. The monoisotopic (exact) mass is 211 g/mol. The first-order valence-electron chi connectivity index (χ1n) is 4.41. The Morgan fingerprint density at radius 3 is 2.67 bits per heavy atom. The van der Waals surface area contributed by atoms with Crippen molar-refractivity contribution in [3.05, 3.63) is 18.1 Å². The summed E-state index contributed by atoms with van der Waals surface area (Å²) in [6.45, 7) is 2.83. The van der Waals surface area contributed by atoms with Crippen molar-refractivity contribution in [1.82, 2.24) is 9.97 Å². The van der Waals surface area contributed by atoms with E-state index < -0.39 is 11.6 Å². The van der Waals surface area contributed by atoms with E-state index in [1.807, 2.05) is 0 Å². The molecule has 0 radical (unpaired) electrons. The molecule has 1 rings (SSSR count). The van der Waals surface area contributed by atoms with Crippen LogP contribution < -0.4 is 5.32 Å². The van der Waals surface area contributed by atoms with Gasteiger partial charge in [-0.3, -0.25) is 4.98 Å². The fraction of sp³-hybridized carbons (Fsp3) is 0.444. The number of anilines is 1. The molecule has 1 aromatic heterocycles. The number of carbonyl (C=O) groups is 1. The Hall–Kier alpha value is -1.69. The van der Waals surface area contributed by atoms with Gasteiger partial charge >= 0.3 is 5.97 Å². The predicted molar refractivity (Wildman–Crippen MR) is 53.5 cm³/mol. The Morgan fingerprint density at radius 2 is 2.13 bits per heavy atom. The summed E-state index contributed by atoms with van der Waals surface area (Å²) in [5.74, 6) is -0.810. The average molecular weight is 211 g/mol. The molecule has 1 atom stereocenters. The number of aliphatic carboxylic acids is 1. The van der Waals surface area contributed by atoms with Crippen LogP contribution in [0.1, 0.15) is 12.6 Å². The van der Waals surface area contributed by atoms with Crippen molar-refractivity contribution in [2.45, 2.75) is 19.4 Å². The first-order valence-corrected chi connectivity index (χ1v) is 4.41. The Balaban J connectivity index is 2.66. The summed E-state index contributed by atoms with van der Waals surface area (Å²) in [4.78, 5) is 18.5. The highest BCUT2D eigenvalue weighted by Gasteiger charge is 2.29. The Kier molecular flexibility index (Phi) is 3.21. The van der Waals surface area contributed by atoms with Gasteiger partial charge in [0, 0.05) is 12.4 Å². The maximum absolute atomic E-state index is 10.6. The van der Waals surface area contributed by atoms with Crippen LogP contribution in [0.25, 0.3) is 0 Å². The van der Waals surface area contributed by atoms with Crippen molar-refractivity contribution in [2.75, 3.05) is 11.9 Å². The largest absolute Gasteiger partial charge is 0.479 e. The standard InChI is InChI=1S/C9H13N3O3/c1-6-7(11-4-3-10-6)12-5-9(2,15)8(13)14/h3-4,15H,5H2,1-2H3,(H,11,12)(H,13,14). The van der Waals surface area contributed by atoms with Crippen LogP contribution >= 0.6 is 0 Å². The minimum Gasteiger partial charge on any atom is -0.479 e. The normalized spacial score (nSPS) is 14.3. The van der Waals surface area contributed by atoms with E-state index in [-0.39, 0.29) is 6.54 Å². The lowest BCUT2D eigenvalue weighted by atomic mass is 10.1. The van der Waals surface area contributed by atoms with Crippen molar-refractivity contribution in [3.63, 3.8) is 0 Å². The number of nitrogens with zero attached hydrogens (tertiary/aromatic N) is 2. The molecule has 82 valence electrons. The van der Waals surface area contributed by atoms with Gasteiger partial charge in [0.2, 0.25) is 0 Å². The lowest BCUT2D eigenvalue weighted by molar-refractivity contribution is -0.155. The van der Waals surface area contributed by atoms with E-state index in [1.54, 1.807) is 6.92 Å². The molecule has 1 unspecified atom stereocenters. The maximum Gasteiger partial charge on any atom is 0.337 e. The van der Waals surface area contributed by atoms with E-state index in [0.717, 1.165) is 0 Å². The summed E-state index contributed by atoms with van der Waals surface area (Å²) in [6, 6.07) is 0. The van der Waals surface area contributed by atoms with Crippen LogP contribution in [0.5, 0.6) is 0 Å². The van der Waals surface area contributed by atoms with Crippen LogP contribution in [0.2, 0.25) is 0 Å². The Labute approximate surface area is 87.0 Å². The van der Waals surface area contributed by atoms with Gasteiger partial charge in [-0.2, -0.15) is 0 Å². The van der Waals surface area contributed by atoms with Gasteiger partial charge in [0.05, 0.1) is 12.2 Å². The summed E-state index contributed by atoms with van der Waals surface area (Å²) in [5, 5.41) is 20.8. The number of rotatable bonds is 4. The molecule has 6 heteroatoms. The van der Waals surface area contributed by atoms with Gasteiger partial charge in [0.25, 0.3) is 0 Å². The molecule has 1 aromatic rings. The number of hydrogen-bond donors (Lipinski definition) is 3. The van der Waals surface area contributed by atoms with E-state index >= 15 is 0 Å². The Bertz CT molecular complexity index is 365. The van der Waals surface area contributed by atoms with Gasteiger partial charge in [-0.1, -0.05) is 0 Å². The molecule has 6 nitrogen and oxygen atoms in total. The fourth-order valence-corrected chi connectivity index (χ4v) is 0.913. The highest BCUT2D eigenvalue weighted by molar-refractivity contribution is 5.77. The van der Waals surface area contributed by atoms with E-state index in [1.165, 1.54) is 19.3 Å². The molecule has 0 saturated heterocycles. The molecule has 0 fully saturated rings. The molecule has 0 bridgehead atoms. The third-order valence-electron chi connectivity index (χ3n) is 1.94. The molecule has 1 heterocycles. The summed E-state index contributed by atoms with van der Waals surface area (Å²) in [7, 11) is 0. The fourth-order valence-electron chi connectivity index (χ4n) is 0.913. The first-order chi connectivity index (χ1) is 6.93. The number of aromatic nitrogens is 2. The minimum absolute atomic E-state index is 0.123. The third-order valence-corrected chi connectivity index (χ3v) is 1.94. The molecule has 0 aliphatic rings. The first kappa shape index (κ1) is 11.4. The molecular formula is C9H13N3O3. The van der Waals surface area contributed by atoms with E-state index in [4.69, 9.17) is 5.11 Å². The molecular weight excluding hydrogens is 198 g/mol. The third kappa shape index (κ3) is 2.88. The quantitative estimate of drug-likeness (QED) is 0.650. The predicted octanol–water partition coefficient (Wildman–Crippen LogP) is 0.0325. The second-order valence-corrected chi connectivity index (χ2v) is 3.42. The molecule has 15 heavy (non-hydrogen) atoms. The molecule has 0 spiro atoms. The van der Waals surface area contributed by atoms with E-state index in [9.17, 15) is 9.90 Å². The van der Waals surface area contributed by atoms with Crippen molar-refractivity contribution < 1.29 is 15.0 Å². The molecule has 0 aromatic carbocycles. The minimum atomic E-state index is -1.82. The summed E-state index contributed by atoms with van der Waals surface area (Å²) in [5.41, 5.74) is -1.16. The van der Waals surface area contributed by atoms with Crippen molar-refractivity contribution in [2.24, 2.45) is 0 Å². The maximum atomic E-state index is 10.6. The number of hydrogen-bond acceptors (Lipinski definition) is 5. The zero-order valence-electron chi connectivity index (χ0n) is 8.56. The second kappa shape index (κ2) is 4.22.